The van der Waals surface area contributed by atoms with Crippen LogP contribution in [0.1, 0.15) is 24.0 Å². The van der Waals surface area contributed by atoms with E-state index in [0.29, 0.717) is 19.4 Å². The SMILES string of the molecule is CN(CCc1ccc(C2=NCCN2)cc1)C(=O)CCCN(C)S(=O)(=O)c1ccc(Cl)c([N+](=O)[O-])c1.O=C(O)C(F)(F)F. The fourth-order valence-electron chi connectivity index (χ4n) is 3.58. The number of hydrogen-bond acceptors (Lipinski definition) is 8. The molecule has 2 aromatic carbocycles. The minimum Gasteiger partial charge on any atom is -0.475 e. The van der Waals surface area contributed by atoms with E-state index in [1.165, 1.54) is 19.2 Å². The quantitative estimate of drug-likeness (QED) is 0.281. The predicted molar refractivity (Wildman–Crippen MR) is 148 cm³/mol. The summed E-state index contributed by atoms with van der Waals surface area (Å²) in [7, 11) is -0.855. The van der Waals surface area contributed by atoms with Crippen LogP contribution in [0.5, 0.6) is 0 Å². The zero-order valence-electron chi connectivity index (χ0n) is 22.6. The highest BCUT2D eigenvalue weighted by Crippen LogP contribution is 2.28. The zero-order valence-corrected chi connectivity index (χ0v) is 24.2. The summed E-state index contributed by atoms with van der Waals surface area (Å²) in [4.78, 5) is 37.5. The van der Waals surface area contributed by atoms with Gasteiger partial charge in [-0.2, -0.15) is 13.2 Å². The fourth-order valence-corrected chi connectivity index (χ4v) is 5.00. The largest absolute Gasteiger partial charge is 0.490 e. The van der Waals surface area contributed by atoms with Crippen LogP contribution in [0.15, 0.2) is 52.4 Å². The predicted octanol–water partition coefficient (Wildman–Crippen LogP) is 3.33. The van der Waals surface area contributed by atoms with Crippen LogP contribution < -0.4 is 5.32 Å². The van der Waals surface area contributed by atoms with Crippen LogP contribution in [0.25, 0.3) is 0 Å². The minimum atomic E-state index is -5.08. The molecule has 2 N–H and O–H groups in total. The van der Waals surface area contributed by atoms with Gasteiger partial charge in [-0.15, -0.1) is 0 Å². The van der Waals surface area contributed by atoms with E-state index < -0.39 is 32.8 Å². The van der Waals surface area contributed by atoms with Gasteiger partial charge in [0.1, 0.15) is 10.9 Å². The second-order valence-electron chi connectivity index (χ2n) is 9.02. The van der Waals surface area contributed by atoms with Gasteiger partial charge < -0.3 is 15.3 Å². The summed E-state index contributed by atoms with van der Waals surface area (Å²) in [6.45, 7) is 2.28. The molecule has 3 rings (SSSR count). The number of rotatable bonds is 11. The number of halogens is 4. The highest BCUT2D eigenvalue weighted by Gasteiger charge is 2.38. The summed E-state index contributed by atoms with van der Waals surface area (Å²) in [5.74, 6) is -1.93. The lowest BCUT2D eigenvalue weighted by Gasteiger charge is -2.19. The van der Waals surface area contributed by atoms with Gasteiger partial charge in [-0.1, -0.05) is 35.9 Å². The topological polar surface area (TPSA) is 163 Å². The molecule has 1 heterocycles. The summed E-state index contributed by atoms with van der Waals surface area (Å²) in [6, 6.07) is 11.4. The molecular formula is C25H29ClF3N5O7S. The third kappa shape index (κ3) is 9.95. The first-order chi connectivity index (χ1) is 19.5. The molecule has 0 unspecified atom stereocenters. The third-order valence-electron chi connectivity index (χ3n) is 5.99. The van der Waals surface area contributed by atoms with Gasteiger partial charge in [0.05, 0.1) is 16.4 Å². The Bertz CT molecular complexity index is 1420. The number of sulfonamides is 1. The van der Waals surface area contributed by atoms with Crippen molar-refractivity contribution in [1.82, 2.24) is 14.5 Å². The van der Waals surface area contributed by atoms with E-state index in [2.05, 4.69) is 10.3 Å². The lowest BCUT2D eigenvalue weighted by molar-refractivity contribution is -0.384. The molecule has 0 aliphatic carbocycles. The molecule has 1 aliphatic rings. The first-order valence-corrected chi connectivity index (χ1v) is 14.2. The summed E-state index contributed by atoms with van der Waals surface area (Å²) in [5, 5.41) is 21.3. The van der Waals surface area contributed by atoms with Gasteiger partial charge in [-0.05, 0) is 30.5 Å². The maximum atomic E-state index is 12.7. The second kappa shape index (κ2) is 14.9. The van der Waals surface area contributed by atoms with Crippen LogP contribution in [0, 0.1) is 10.1 Å². The summed E-state index contributed by atoms with van der Waals surface area (Å²) < 4.78 is 58.3. The second-order valence-corrected chi connectivity index (χ2v) is 11.5. The Kier molecular flexibility index (Phi) is 12.2. The highest BCUT2D eigenvalue weighted by atomic mass is 35.5. The smallest absolute Gasteiger partial charge is 0.475 e. The number of aliphatic imine (C=N–C) groups is 1. The Morgan fingerprint density at radius 1 is 1.14 bits per heavy atom. The number of nitrogens with one attached hydrogen (secondary N) is 1. The first-order valence-electron chi connectivity index (χ1n) is 12.4. The number of carboxylic acids is 1. The first kappa shape index (κ1) is 34.4. The summed E-state index contributed by atoms with van der Waals surface area (Å²) in [5.41, 5.74) is 1.68. The molecule has 0 atom stereocenters. The maximum Gasteiger partial charge on any atom is 0.490 e. The van der Waals surface area contributed by atoms with Gasteiger partial charge in [-0.25, -0.2) is 17.5 Å². The van der Waals surface area contributed by atoms with Crippen molar-refractivity contribution in [3.63, 3.8) is 0 Å². The van der Waals surface area contributed by atoms with E-state index in [4.69, 9.17) is 21.5 Å². The van der Waals surface area contributed by atoms with Crippen molar-refractivity contribution in [3.8, 4) is 0 Å². The van der Waals surface area contributed by atoms with Crippen molar-refractivity contribution in [2.24, 2.45) is 4.99 Å². The molecule has 0 bridgehead atoms. The Morgan fingerprint density at radius 2 is 1.76 bits per heavy atom. The van der Waals surface area contributed by atoms with Crippen LogP contribution in [-0.2, 0) is 26.0 Å². The van der Waals surface area contributed by atoms with Gasteiger partial charge in [0, 0.05) is 51.8 Å². The Labute approximate surface area is 245 Å². The minimum absolute atomic E-state index is 0.0842. The van der Waals surface area contributed by atoms with Crippen molar-refractivity contribution in [2.75, 3.05) is 40.3 Å². The van der Waals surface area contributed by atoms with Crippen molar-refractivity contribution >= 4 is 45.0 Å². The molecule has 42 heavy (non-hydrogen) atoms. The number of likely N-dealkylation sites (N-methyl/N-ethyl adjacent to an activating group) is 1. The molecule has 1 amide bonds. The average molecular weight is 636 g/mol. The number of amides is 1. The van der Waals surface area contributed by atoms with Crippen LogP contribution >= 0.6 is 11.6 Å². The normalized spacial score (nSPS) is 13.1. The third-order valence-corrected chi connectivity index (χ3v) is 8.16. The molecule has 2 aromatic rings. The zero-order chi connectivity index (χ0) is 31.7. The van der Waals surface area contributed by atoms with Crippen molar-refractivity contribution < 1.29 is 41.2 Å². The Hall–Kier alpha value is -3.76. The van der Waals surface area contributed by atoms with Gasteiger partial charge in [0.2, 0.25) is 15.9 Å². The highest BCUT2D eigenvalue weighted by molar-refractivity contribution is 7.89. The van der Waals surface area contributed by atoms with Crippen LogP contribution in [0.3, 0.4) is 0 Å². The number of carboxylic acid groups (broad SMARTS) is 1. The fraction of sp³-hybridized carbons (Fsp3) is 0.400. The van der Waals surface area contributed by atoms with E-state index in [0.717, 1.165) is 40.4 Å². The number of nitrogens with zero attached hydrogens (tertiary/aromatic N) is 4. The maximum absolute atomic E-state index is 12.7. The lowest BCUT2D eigenvalue weighted by Crippen LogP contribution is -2.31. The molecule has 0 saturated heterocycles. The van der Waals surface area contributed by atoms with Gasteiger partial charge in [0.15, 0.2) is 0 Å². The molecule has 17 heteroatoms. The summed E-state index contributed by atoms with van der Waals surface area (Å²) in [6.07, 6.45) is -3.88. The molecular weight excluding hydrogens is 607 g/mol. The van der Waals surface area contributed by atoms with E-state index in [-0.39, 0.29) is 28.8 Å². The standard InChI is InChI=1S/C23H28ClN5O5S.C2HF3O2/c1-27(15-11-17-5-7-18(8-6-17)23-25-12-13-26-23)22(30)4-3-14-28(2)35(33,34)19-9-10-20(24)21(16-19)29(31)32;3-2(4,5)1(6)7/h5-10,16H,3-4,11-15H2,1-2H3,(H,25,26);(H,6,7). The number of alkyl halides is 3. The molecule has 0 spiro atoms. The van der Waals surface area contributed by atoms with E-state index >= 15 is 0 Å². The van der Waals surface area contributed by atoms with Crippen LogP contribution in [-0.4, -0.2) is 91.8 Å². The Balaban J connectivity index is 0.000000782. The van der Waals surface area contributed by atoms with Gasteiger partial charge in [0.25, 0.3) is 5.69 Å². The molecule has 1 aliphatic heterocycles. The van der Waals surface area contributed by atoms with E-state index in [1.54, 1.807) is 11.9 Å². The van der Waals surface area contributed by atoms with Gasteiger partial charge >= 0.3 is 12.1 Å². The molecule has 0 radical (unpaired) electrons. The van der Waals surface area contributed by atoms with E-state index in [9.17, 15) is 36.5 Å². The number of carbonyl (C=O) groups is 2. The number of nitro groups is 1. The molecule has 0 aromatic heterocycles. The van der Waals surface area contributed by atoms with Crippen molar-refractivity contribution in [2.45, 2.75) is 30.3 Å². The van der Waals surface area contributed by atoms with Gasteiger partial charge in [-0.3, -0.25) is 19.9 Å². The number of nitro benzene ring substituents is 1. The number of benzene rings is 2. The lowest BCUT2D eigenvalue weighted by atomic mass is 10.1. The number of amidine groups is 1. The monoisotopic (exact) mass is 635 g/mol. The number of aliphatic carboxylic acids is 1. The van der Waals surface area contributed by atoms with Crippen LogP contribution in [0.2, 0.25) is 5.02 Å². The average Bonchev–Trinajstić information content (AvgIpc) is 3.46. The molecule has 0 fully saturated rings. The molecule has 0 saturated carbocycles. The summed E-state index contributed by atoms with van der Waals surface area (Å²) >= 11 is 5.77. The van der Waals surface area contributed by atoms with Crippen molar-refractivity contribution in [1.29, 1.82) is 0 Å². The number of carbonyl (C=O) groups excluding carboxylic acids is 1. The van der Waals surface area contributed by atoms with E-state index in [1.807, 2.05) is 24.3 Å². The van der Waals surface area contributed by atoms with Crippen LogP contribution in [0.4, 0.5) is 18.9 Å². The van der Waals surface area contributed by atoms with Crippen molar-refractivity contribution in [3.05, 3.63) is 68.7 Å². The molecule has 230 valence electrons. The molecule has 12 nitrogen and oxygen atoms in total. The number of hydrogen-bond donors (Lipinski definition) is 2. The Morgan fingerprint density at radius 3 is 2.29 bits per heavy atom.